The third-order valence-corrected chi connectivity index (χ3v) is 3.28. The summed E-state index contributed by atoms with van der Waals surface area (Å²) in [6, 6.07) is 0. The molecule has 0 heterocycles. The maximum Gasteiger partial charge on any atom is 0.00745 e. The summed E-state index contributed by atoms with van der Waals surface area (Å²) in [6.45, 7) is 5.16. The molecule has 0 rings (SSSR count). The molecule has 0 spiro atoms. The van der Waals surface area contributed by atoms with E-state index < -0.39 is 0 Å². The zero-order valence-corrected chi connectivity index (χ0v) is 16.2. The van der Waals surface area contributed by atoms with Gasteiger partial charge in [-0.05, 0) is 13.0 Å². The van der Waals surface area contributed by atoms with E-state index in [1.165, 1.54) is 70.6 Å². The summed E-state index contributed by atoms with van der Waals surface area (Å²) in [4.78, 5) is 0. The number of hydrogen-bond donors (Lipinski definition) is 2. The molecule has 0 aliphatic heterocycles. The van der Waals surface area contributed by atoms with Crippen molar-refractivity contribution < 1.29 is 0 Å². The van der Waals surface area contributed by atoms with Crippen molar-refractivity contribution in [2.45, 2.75) is 77.6 Å². The van der Waals surface area contributed by atoms with Crippen LogP contribution in [0, 0.1) is 0 Å². The van der Waals surface area contributed by atoms with E-state index in [0.29, 0.717) is 0 Å². The van der Waals surface area contributed by atoms with E-state index in [1.807, 2.05) is 0 Å². The van der Waals surface area contributed by atoms with E-state index in [2.05, 4.69) is 12.2 Å². The highest BCUT2D eigenvalue weighted by molar-refractivity contribution is 8.93. The smallest absolute Gasteiger partial charge is 0.00745 e. The highest BCUT2D eigenvalue weighted by Gasteiger charge is 1.92. The molecule has 0 aromatic carbocycles. The molecule has 0 saturated carbocycles. The van der Waals surface area contributed by atoms with Crippen LogP contribution in [0.25, 0.3) is 0 Å². The van der Waals surface area contributed by atoms with E-state index in [4.69, 9.17) is 5.73 Å². The minimum atomic E-state index is 0. The first kappa shape index (κ1) is 24.9. The van der Waals surface area contributed by atoms with Gasteiger partial charge in [0.15, 0.2) is 0 Å². The van der Waals surface area contributed by atoms with Crippen LogP contribution >= 0.6 is 34.0 Å². The maximum atomic E-state index is 5.41. The van der Waals surface area contributed by atoms with Crippen molar-refractivity contribution in [3.8, 4) is 0 Å². The van der Waals surface area contributed by atoms with Crippen LogP contribution in [0.5, 0.6) is 0 Å². The van der Waals surface area contributed by atoms with Crippen molar-refractivity contribution in [1.82, 2.24) is 5.32 Å². The van der Waals surface area contributed by atoms with E-state index in [1.54, 1.807) is 0 Å². The van der Waals surface area contributed by atoms with Crippen LogP contribution in [0.15, 0.2) is 0 Å². The highest BCUT2D eigenvalue weighted by atomic mass is 79.9. The van der Waals surface area contributed by atoms with Gasteiger partial charge < -0.3 is 11.1 Å². The van der Waals surface area contributed by atoms with Crippen molar-refractivity contribution in [2.75, 3.05) is 19.6 Å². The molecule has 0 aliphatic carbocycles. The van der Waals surface area contributed by atoms with Crippen LogP contribution < -0.4 is 11.1 Å². The van der Waals surface area contributed by atoms with Gasteiger partial charge in [-0.1, -0.05) is 71.1 Å². The second kappa shape index (κ2) is 23.9. The molecule has 19 heavy (non-hydrogen) atoms. The molecule has 4 heteroatoms. The third kappa shape index (κ3) is 24.3. The lowest BCUT2D eigenvalue weighted by Crippen LogP contribution is -2.23. The maximum absolute atomic E-state index is 5.41. The summed E-state index contributed by atoms with van der Waals surface area (Å²) in [6.07, 6.45) is 15.6. The molecule has 0 aromatic rings. The van der Waals surface area contributed by atoms with Crippen LogP contribution in [0.3, 0.4) is 0 Å². The van der Waals surface area contributed by atoms with Crippen molar-refractivity contribution in [2.24, 2.45) is 5.73 Å². The topological polar surface area (TPSA) is 38.0 Å². The zero-order chi connectivity index (χ0) is 12.6. The number of nitrogens with two attached hydrogens (primary N) is 1. The number of unbranched alkanes of at least 4 members (excludes halogenated alkanes) is 10. The molecule has 120 valence electrons. The summed E-state index contributed by atoms with van der Waals surface area (Å²) in [7, 11) is 0. The van der Waals surface area contributed by atoms with Crippen molar-refractivity contribution in [3.63, 3.8) is 0 Å². The zero-order valence-electron chi connectivity index (χ0n) is 12.8. The predicted molar refractivity (Wildman–Crippen MR) is 99.0 cm³/mol. The molecule has 0 bridgehead atoms. The van der Waals surface area contributed by atoms with Crippen LogP contribution in [0.4, 0.5) is 0 Å². The number of hydrogen-bond acceptors (Lipinski definition) is 2. The summed E-state index contributed by atoms with van der Waals surface area (Å²) in [5.74, 6) is 0. The summed E-state index contributed by atoms with van der Waals surface area (Å²) >= 11 is 0. The van der Waals surface area contributed by atoms with Crippen LogP contribution in [-0.4, -0.2) is 19.6 Å². The Balaban J connectivity index is -0.00000128. The summed E-state index contributed by atoms with van der Waals surface area (Å²) < 4.78 is 0. The molecular weight excluding hydrogens is 368 g/mol. The molecule has 0 fully saturated rings. The minimum Gasteiger partial charge on any atom is -0.329 e. The first-order valence-electron chi connectivity index (χ1n) is 7.82. The van der Waals surface area contributed by atoms with E-state index >= 15 is 0 Å². The average molecular weight is 404 g/mol. The fourth-order valence-corrected chi connectivity index (χ4v) is 2.14. The Kier molecular flexibility index (Phi) is 31.3. The Morgan fingerprint density at radius 2 is 1.05 bits per heavy atom. The van der Waals surface area contributed by atoms with E-state index in [9.17, 15) is 0 Å². The van der Waals surface area contributed by atoms with Gasteiger partial charge in [-0.15, -0.1) is 34.0 Å². The second-order valence-corrected chi connectivity index (χ2v) is 5.07. The largest absolute Gasteiger partial charge is 0.329 e. The molecule has 0 unspecified atom stereocenters. The lowest BCUT2D eigenvalue weighted by Gasteiger charge is -2.03. The standard InChI is InChI=1S/C15H34N2.2BrH/c1-2-3-4-5-6-7-8-9-10-11-12-14-17-15-13-16;;/h17H,2-16H2,1H3;2*1H. The summed E-state index contributed by atoms with van der Waals surface area (Å²) in [5.41, 5.74) is 5.41. The SMILES string of the molecule is Br.Br.CCCCCCCCCCCCCNCCN. The van der Waals surface area contributed by atoms with Gasteiger partial charge in [0.2, 0.25) is 0 Å². The van der Waals surface area contributed by atoms with Gasteiger partial charge in [0.05, 0.1) is 0 Å². The molecular formula is C15H36Br2N2. The molecule has 3 N–H and O–H groups in total. The van der Waals surface area contributed by atoms with Gasteiger partial charge in [0.1, 0.15) is 0 Å². The van der Waals surface area contributed by atoms with Gasteiger partial charge >= 0.3 is 0 Å². The van der Waals surface area contributed by atoms with Gasteiger partial charge in [0.25, 0.3) is 0 Å². The van der Waals surface area contributed by atoms with Gasteiger partial charge in [-0.2, -0.15) is 0 Å². The minimum absolute atomic E-state index is 0. The first-order valence-corrected chi connectivity index (χ1v) is 7.82. The fourth-order valence-electron chi connectivity index (χ4n) is 2.14. The van der Waals surface area contributed by atoms with Crippen LogP contribution in [0.2, 0.25) is 0 Å². The predicted octanol–water partition coefficient (Wildman–Crippen LogP) is 5.00. The second-order valence-electron chi connectivity index (χ2n) is 5.07. The van der Waals surface area contributed by atoms with E-state index in [-0.39, 0.29) is 34.0 Å². The Morgan fingerprint density at radius 3 is 1.47 bits per heavy atom. The average Bonchev–Trinajstić information content (AvgIpc) is 2.35. The van der Waals surface area contributed by atoms with Gasteiger partial charge in [-0.3, -0.25) is 0 Å². The Morgan fingerprint density at radius 1 is 0.632 bits per heavy atom. The molecule has 0 amide bonds. The molecule has 0 saturated heterocycles. The Bertz CT molecular complexity index is 121. The lowest BCUT2D eigenvalue weighted by molar-refractivity contribution is 0.540. The monoisotopic (exact) mass is 402 g/mol. The molecule has 0 aliphatic rings. The Hall–Kier alpha value is 0.880. The quantitative estimate of drug-likeness (QED) is 0.400. The lowest BCUT2D eigenvalue weighted by atomic mass is 10.1. The number of halogens is 2. The molecule has 2 nitrogen and oxygen atoms in total. The van der Waals surface area contributed by atoms with Crippen molar-refractivity contribution in [3.05, 3.63) is 0 Å². The third-order valence-electron chi connectivity index (χ3n) is 3.28. The summed E-state index contributed by atoms with van der Waals surface area (Å²) in [5, 5.41) is 3.34. The highest BCUT2D eigenvalue weighted by Crippen LogP contribution is 2.10. The number of nitrogens with one attached hydrogen (secondary N) is 1. The van der Waals surface area contributed by atoms with E-state index in [0.717, 1.165) is 19.6 Å². The van der Waals surface area contributed by atoms with Crippen LogP contribution in [0.1, 0.15) is 77.6 Å². The molecule has 0 radical (unpaired) electrons. The van der Waals surface area contributed by atoms with Crippen molar-refractivity contribution in [1.29, 1.82) is 0 Å². The Labute approximate surface area is 142 Å². The van der Waals surface area contributed by atoms with Gasteiger partial charge in [-0.25, -0.2) is 0 Å². The van der Waals surface area contributed by atoms with Gasteiger partial charge in [0, 0.05) is 13.1 Å². The molecule has 0 atom stereocenters. The molecule has 0 aromatic heterocycles. The van der Waals surface area contributed by atoms with Crippen molar-refractivity contribution >= 4 is 34.0 Å². The first-order chi connectivity index (χ1) is 8.41. The number of rotatable bonds is 14. The fraction of sp³-hybridized carbons (Fsp3) is 1.00. The normalized spacial score (nSPS) is 9.79. The van der Waals surface area contributed by atoms with Crippen LogP contribution in [-0.2, 0) is 0 Å².